The van der Waals surface area contributed by atoms with Crippen LogP contribution in [0.4, 0.5) is 0 Å². The van der Waals surface area contributed by atoms with Crippen molar-refractivity contribution in [2.24, 2.45) is 0 Å². The second kappa shape index (κ2) is 6.81. The van der Waals surface area contributed by atoms with Crippen molar-refractivity contribution in [3.63, 3.8) is 0 Å². The molecular formula is C20H19N3O2. The fourth-order valence-corrected chi connectivity index (χ4v) is 3.11. The fraction of sp³-hybridized carbons (Fsp3) is 0.200. The molecular weight excluding hydrogens is 314 g/mol. The number of benzene rings is 2. The summed E-state index contributed by atoms with van der Waals surface area (Å²) in [5, 5.41) is 7.25. The second-order valence-corrected chi connectivity index (χ2v) is 6.06. The number of para-hydroxylation sites is 1. The maximum Gasteiger partial charge on any atom is 0.228 e. The molecule has 1 atom stereocenters. The van der Waals surface area contributed by atoms with E-state index >= 15 is 0 Å². The first-order valence-corrected chi connectivity index (χ1v) is 8.40. The smallest absolute Gasteiger partial charge is 0.228 e. The quantitative estimate of drug-likeness (QED) is 0.798. The summed E-state index contributed by atoms with van der Waals surface area (Å²) in [7, 11) is 0. The van der Waals surface area contributed by atoms with Crippen LogP contribution in [0.1, 0.15) is 23.5 Å². The van der Waals surface area contributed by atoms with Crippen molar-refractivity contribution in [1.29, 1.82) is 0 Å². The molecule has 0 saturated carbocycles. The highest BCUT2D eigenvalue weighted by Crippen LogP contribution is 2.33. The topological polar surface area (TPSA) is 56.2 Å². The average Bonchev–Trinajstić information content (AvgIpc) is 3.21. The Bertz CT molecular complexity index is 857. The monoisotopic (exact) mass is 333 g/mol. The van der Waals surface area contributed by atoms with Crippen LogP contribution in [0, 0.1) is 0 Å². The summed E-state index contributed by atoms with van der Waals surface area (Å²) in [6.45, 7) is 1.09. The molecule has 2 aromatic carbocycles. The first-order chi connectivity index (χ1) is 12.3. The molecule has 1 aromatic heterocycles. The zero-order valence-corrected chi connectivity index (χ0v) is 13.8. The van der Waals surface area contributed by atoms with Crippen LogP contribution in [0.5, 0.6) is 5.75 Å². The normalized spacial score (nSPS) is 15.9. The lowest BCUT2D eigenvalue weighted by Gasteiger charge is -2.25. The Morgan fingerprint density at radius 1 is 1.16 bits per heavy atom. The minimum absolute atomic E-state index is 0.0481. The van der Waals surface area contributed by atoms with E-state index in [2.05, 4.69) is 10.4 Å². The summed E-state index contributed by atoms with van der Waals surface area (Å²) < 4.78 is 7.43. The van der Waals surface area contributed by atoms with Crippen molar-refractivity contribution < 1.29 is 9.53 Å². The zero-order chi connectivity index (χ0) is 17.1. The van der Waals surface area contributed by atoms with Crippen LogP contribution in [0.2, 0.25) is 0 Å². The van der Waals surface area contributed by atoms with Crippen molar-refractivity contribution >= 4 is 5.91 Å². The Hall–Kier alpha value is -3.08. The first kappa shape index (κ1) is 15.4. The van der Waals surface area contributed by atoms with Gasteiger partial charge in [0.2, 0.25) is 5.91 Å². The van der Waals surface area contributed by atoms with Crippen LogP contribution >= 0.6 is 0 Å². The molecule has 3 aromatic rings. The largest absolute Gasteiger partial charge is 0.493 e. The summed E-state index contributed by atoms with van der Waals surface area (Å²) in [6, 6.07) is 17.7. The minimum atomic E-state index is -0.145. The van der Waals surface area contributed by atoms with Crippen LogP contribution in [-0.4, -0.2) is 22.3 Å². The van der Waals surface area contributed by atoms with Gasteiger partial charge in [-0.05, 0) is 36.2 Å². The molecule has 0 radical (unpaired) electrons. The summed E-state index contributed by atoms with van der Waals surface area (Å²) in [5.41, 5.74) is 3.03. The van der Waals surface area contributed by atoms with E-state index in [1.54, 1.807) is 10.9 Å². The van der Waals surface area contributed by atoms with Gasteiger partial charge in [0.15, 0.2) is 0 Å². The van der Waals surface area contributed by atoms with Gasteiger partial charge >= 0.3 is 0 Å². The minimum Gasteiger partial charge on any atom is -0.493 e. The van der Waals surface area contributed by atoms with E-state index in [4.69, 9.17) is 4.74 Å². The van der Waals surface area contributed by atoms with E-state index in [-0.39, 0.29) is 11.8 Å². The Labute approximate surface area is 146 Å². The van der Waals surface area contributed by atoms with Gasteiger partial charge in [0, 0.05) is 24.5 Å². The van der Waals surface area contributed by atoms with Gasteiger partial charge in [0.1, 0.15) is 5.75 Å². The number of amides is 1. The Kier molecular flexibility index (Phi) is 4.21. The van der Waals surface area contributed by atoms with Gasteiger partial charge in [0.05, 0.1) is 18.2 Å². The maximum absolute atomic E-state index is 12.6. The number of nitrogens with zero attached hydrogens (tertiary/aromatic N) is 2. The Balaban J connectivity index is 1.41. The van der Waals surface area contributed by atoms with Gasteiger partial charge < -0.3 is 10.1 Å². The molecule has 1 N–H and O–H groups in total. The molecule has 126 valence electrons. The predicted octanol–water partition coefficient (Wildman–Crippen LogP) is 3.05. The number of fused-ring (bicyclic) bond motifs is 1. The highest BCUT2D eigenvalue weighted by Gasteiger charge is 2.27. The molecule has 1 unspecified atom stereocenters. The van der Waals surface area contributed by atoms with E-state index < -0.39 is 0 Å². The van der Waals surface area contributed by atoms with Crippen molar-refractivity contribution in [2.75, 3.05) is 6.61 Å². The lowest BCUT2D eigenvalue weighted by atomic mass is 9.92. The van der Waals surface area contributed by atoms with Crippen LogP contribution in [0.25, 0.3) is 5.69 Å². The summed E-state index contributed by atoms with van der Waals surface area (Å²) in [6.07, 6.45) is 4.36. The molecule has 0 fully saturated rings. The number of rotatable bonds is 4. The number of hydrogen-bond donors (Lipinski definition) is 1. The van der Waals surface area contributed by atoms with Crippen LogP contribution < -0.4 is 10.1 Å². The number of ether oxygens (including phenoxy) is 1. The summed E-state index contributed by atoms with van der Waals surface area (Å²) in [4.78, 5) is 12.6. The molecule has 0 spiro atoms. The Morgan fingerprint density at radius 3 is 2.80 bits per heavy atom. The van der Waals surface area contributed by atoms with Crippen molar-refractivity contribution in [3.05, 3.63) is 78.1 Å². The second-order valence-electron chi connectivity index (χ2n) is 6.06. The SMILES string of the molecule is O=C(NCc1ccc(-n2cccn2)cc1)C1CCOc2ccccc21. The molecule has 0 saturated heterocycles. The molecule has 25 heavy (non-hydrogen) atoms. The maximum atomic E-state index is 12.6. The van der Waals surface area contributed by atoms with E-state index in [1.165, 1.54) is 0 Å². The molecule has 5 nitrogen and oxygen atoms in total. The summed E-state index contributed by atoms with van der Waals surface area (Å²) >= 11 is 0. The predicted molar refractivity (Wildman–Crippen MR) is 94.7 cm³/mol. The first-order valence-electron chi connectivity index (χ1n) is 8.40. The van der Waals surface area contributed by atoms with Gasteiger partial charge in [0.25, 0.3) is 0 Å². The van der Waals surface area contributed by atoms with Gasteiger partial charge in [-0.2, -0.15) is 5.10 Å². The number of carbonyl (C=O) groups excluding carboxylic acids is 1. The van der Waals surface area contributed by atoms with Gasteiger partial charge in [-0.15, -0.1) is 0 Å². The van der Waals surface area contributed by atoms with E-state index in [0.717, 1.165) is 22.6 Å². The van der Waals surface area contributed by atoms with Gasteiger partial charge in [-0.25, -0.2) is 4.68 Å². The molecule has 1 aliphatic heterocycles. The number of carbonyl (C=O) groups is 1. The molecule has 5 heteroatoms. The third-order valence-electron chi connectivity index (χ3n) is 4.45. The molecule has 4 rings (SSSR count). The number of hydrogen-bond acceptors (Lipinski definition) is 3. The molecule has 1 amide bonds. The standard InChI is InChI=1S/C20H19N3O2/c24-20(18-10-13-25-19-5-2-1-4-17(18)19)21-14-15-6-8-16(9-7-15)23-12-3-11-22-23/h1-9,11-12,18H,10,13-14H2,(H,21,24). The van der Waals surface area contributed by atoms with E-state index in [1.807, 2.05) is 60.8 Å². The lowest BCUT2D eigenvalue weighted by molar-refractivity contribution is -0.123. The molecule has 0 aliphatic carbocycles. The van der Waals surface area contributed by atoms with Gasteiger partial charge in [-0.3, -0.25) is 4.79 Å². The van der Waals surface area contributed by atoms with Crippen LogP contribution in [0.3, 0.4) is 0 Å². The van der Waals surface area contributed by atoms with Crippen LogP contribution in [0.15, 0.2) is 67.0 Å². The molecule has 0 bridgehead atoms. The zero-order valence-electron chi connectivity index (χ0n) is 13.8. The average molecular weight is 333 g/mol. The lowest BCUT2D eigenvalue weighted by Crippen LogP contribution is -2.32. The van der Waals surface area contributed by atoms with Crippen LogP contribution in [-0.2, 0) is 11.3 Å². The van der Waals surface area contributed by atoms with Crippen molar-refractivity contribution in [1.82, 2.24) is 15.1 Å². The third-order valence-corrected chi connectivity index (χ3v) is 4.45. The van der Waals surface area contributed by atoms with Crippen molar-refractivity contribution in [2.45, 2.75) is 18.9 Å². The van der Waals surface area contributed by atoms with Gasteiger partial charge in [-0.1, -0.05) is 30.3 Å². The number of aromatic nitrogens is 2. The molecule has 1 aliphatic rings. The van der Waals surface area contributed by atoms with E-state index in [9.17, 15) is 4.79 Å². The number of nitrogens with one attached hydrogen (secondary N) is 1. The third kappa shape index (κ3) is 3.26. The molecule has 2 heterocycles. The van der Waals surface area contributed by atoms with Crippen molar-refractivity contribution in [3.8, 4) is 11.4 Å². The highest BCUT2D eigenvalue weighted by atomic mass is 16.5. The Morgan fingerprint density at radius 2 is 2.00 bits per heavy atom. The van der Waals surface area contributed by atoms with E-state index in [0.29, 0.717) is 19.6 Å². The summed E-state index contributed by atoms with van der Waals surface area (Å²) in [5.74, 6) is 0.720. The highest BCUT2D eigenvalue weighted by molar-refractivity contribution is 5.84. The fourth-order valence-electron chi connectivity index (χ4n) is 3.11.